The number of amides is 2. The summed E-state index contributed by atoms with van der Waals surface area (Å²) in [6, 6.07) is 7.32. The first-order valence-corrected chi connectivity index (χ1v) is 11.2. The minimum atomic E-state index is -3.08. The van der Waals surface area contributed by atoms with Crippen molar-refractivity contribution < 1.29 is 18.0 Å². The van der Waals surface area contributed by atoms with E-state index in [2.05, 4.69) is 24.1 Å². The van der Waals surface area contributed by atoms with Gasteiger partial charge in [0.15, 0.2) is 9.84 Å². The van der Waals surface area contributed by atoms with Crippen molar-refractivity contribution in [2.75, 3.05) is 41.4 Å². The summed E-state index contributed by atoms with van der Waals surface area (Å²) in [5.74, 6) is -0.306. The molecule has 1 heterocycles. The van der Waals surface area contributed by atoms with E-state index < -0.39 is 9.84 Å². The van der Waals surface area contributed by atoms with Gasteiger partial charge in [0.25, 0.3) is 0 Å². The van der Waals surface area contributed by atoms with E-state index in [1.54, 1.807) is 0 Å². The summed E-state index contributed by atoms with van der Waals surface area (Å²) in [5, 5.41) is 2.83. The lowest BCUT2D eigenvalue weighted by Gasteiger charge is -2.26. The van der Waals surface area contributed by atoms with Gasteiger partial charge < -0.3 is 15.1 Å². The lowest BCUT2D eigenvalue weighted by atomic mass is 10.2. The minimum absolute atomic E-state index is 0.0129. The van der Waals surface area contributed by atoms with Crippen molar-refractivity contribution in [3.05, 3.63) is 24.3 Å². The second-order valence-electron chi connectivity index (χ2n) is 6.79. The standard InChI is InChI=1S/C19H29N3O4S/c1-4-21(5-2)17-8-6-16(7-9-17)20-19(24)10-12-22(15(3)23)18-11-13-27(25,26)14-18/h6-9,18H,4-5,10-14H2,1-3H3,(H,20,24). The summed E-state index contributed by atoms with van der Waals surface area (Å²) in [7, 11) is -3.08. The maximum Gasteiger partial charge on any atom is 0.226 e. The maximum absolute atomic E-state index is 12.2. The van der Waals surface area contributed by atoms with Crippen molar-refractivity contribution in [2.45, 2.75) is 39.7 Å². The Hall–Kier alpha value is -2.09. The number of rotatable bonds is 8. The molecule has 1 saturated heterocycles. The van der Waals surface area contributed by atoms with E-state index >= 15 is 0 Å². The van der Waals surface area contributed by atoms with Gasteiger partial charge >= 0.3 is 0 Å². The highest BCUT2D eigenvalue weighted by Gasteiger charge is 2.33. The summed E-state index contributed by atoms with van der Waals surface area (Å²) in [6.45, 7) is 7.65. The van der Waals surface area contributed by atoms with E-state index in [9.17, 15) is 18.0 Å². The summed E-state index contributed by atoms with van der Waals surface area (Å²) in [4.78, 5) is 27.8. The lowest BCUT2D eigenvalue weighted by molar-refractivity contribution is -0.131. The average Bonchev–Trinajstić information content (AvgIpc) is 2.97. The highest BCUT2D eigenvalue weighted by molar-refractivity contribution is 7.91. The zero-order chi connectivity index (χ0) is 20.0. The first kappa shape index (κ1) is 21.2. The van der Waals surface area contributed by atoms with E-state index in [0.717, 1.165) is 18.8 Å². The molecule has 7 nitrogen and oxygen atoms in total. The second kappa shape index (κ2) is 9.21. The molecule has 0 aliphatic carbocycles. The summed E-state index contributed by atoms with van der Waals surface area (Å²) in [5.41, 5.74) is 1.80. The molecule has 1 fully saturated rings. The Kier molecular flexibility index (Phi) is 7.24. The predicted octanol–water partition coefficient (Wildman–Crippen LogP) is 1.90. The van der Waals surface area contributed by atoms with Gasteiger partial charge in [-0.2, -0.15) is 0 Å². The molecule has 27 heavy (non-hydrogen) atoms. The molecular formula is C19H29N3O4S. The predicted molar refractivity (Wildman–Crippen MR) is 108 cm³/mol. The second-order valence-corrected chi connectivity index (χ2v) is 9.02. The Morgan fingerprint density at radius 3 is 2.26 bits per heavy atom. The molecule has 1 aliphatic rings. The van der Waals surface area contributed by atoms with Crippen LogP contribution in [0.5, 0.6) is 0 Å². The third-order valence-electron chi connectivity index (χ3n) is 4.91. The maximum atomic E-state index is 12.2. The molecule has 1 unspecified atom stereocenters. The van der Waals surface area contributed by atoms with Gasteiger partial charge in [-0.25, -0.2) is 8.42 Å². The normalized spacial score (nSPS) is 18.1. The summed E-state index contributed by atoms with van der Waals surface area (Å²) < 4.78 is 23.3. The average molecular weight is 396 g/mol. The molecule has 1 N–H and O–H groups in total. The first-order chi connectivity index (χ1) is 12.8. The molecule has 2 amide bonds. The van der Waals surface area contributed by atoms with Crippen molar-refractivity contribution in [1.82, 2.24) is 4.90 Å². The van der Waals surface area contributed by atoms with Crippen LogP contribution < -0.4 is 10.2 Å². The van der Waals surface area contributed by atoms with E-state index in [4.69, 9.17) is 0 Å². The lowest BCUT2D eigenvalue weighted by Crippen LogP contribution is -2.41. The number of sulfone groups is 1. The molecule has 1 aromatic rings. The number of benzene rings is 1. The van der Waals surface area contributed by atoms with Crippen LogP contribution in [0.4, 0.5) is 11.4 Å². The molecule has 150 valence electrons. The molecule has 0 aromatic heterocycles. The van der Waals surface area contributed by atoms with Gasteiger partial charge in [-0.1, -0.05) is 0 Å². The van der Waals surface area contributed by atoms with Gasteiger partial charge in [0, 0.05) is 50.4 Å². The fourth-order valence-electron chi connectivity index (χ4n) is 3.41. The topological polar surface area (TPSA) is 86.8 Å². The fourth-order valence-corrected chi connectivity index (χ4v) is 5.14. The monoisotopic (exact) mass is 395 g/mol. The van der Waals surface area contributed by atoms with Crippen LogP contribution in [0.2, 0.25) is 0 Å². The van der Waals surface area contributed by atoms with E-state index in [-0.39, 0.29) is 42.3 Å². The van der Waals surface area contributed by atoms with Gasteiger partial charge in [0.05, 0.1) is 11.5 Å². The number of nitrogens with one attached hydrogen (secondary N) is 1. The Morgan fingerprint density at radius 1 is 1.15 bits per heavy atom. The van der Waals surface area contributed by atoms with Crippen molar-refractivity contribution in [1.29, 1.82) is 0 Å². The highest BCUT2D eigenvalue weighted by atomic mass is 32.2. The number of hydrogen-bond donors (Lipinski definition) is 1. The molecule has 0 radical (unpaired) electrons. The quantitative estimate of drug-likeness (QED) is 0.726. The van der Waals surface area contributed by atoms with Gasteiger partial charge in [-0.15, -0.1) is 0 Å². The molecule has 2 rings (SSSR count). The summed E-state index contributed by atoms with van der Waals surface area (Å²) in [6.07, 6.45) is 0.574. The number of nitrogens with zero attached hydrogens (tertiary/aromatic N) is 2. The highest BCUT2D eigenvalue weighted by Crippen LogP contribution is 2.20. The number of hydrogen-bond acceptors (Lipinski definition) is 5. The molecular weight excluding hydrogens is 366 g/mol. The number of anilines is 2. The van der Waals surface area contributed by atoms with Gasteiger partial charge in [-0.05, 0) is 44.5 Å². The van der Waals surface area contributed by atoms with Crippen LogP contribution in [0.3, 0.4) is 0 Å². The van der Waals surface area contributed by atoms with Crippen LogP contribution in [0, 0.1) is 0 Å². The molecule has 0 saturated carbocycles. The van der Waals surface area contributed by atoms with Crippen molar-refractivity contribution in [3.8, 4) is 0 Å². The van der Waals surface area contributed by atoms with Crippen molar-refractivity contribution in [3.63, 3.8) is 0 Å². The van der Waals surface area contributed by atoms with E-state index in [0.29, 0.717) is 12.1 Å². The minimum Gasteiger partial charge on any atom is -0.372 e. The Labute approximate surface area is 161 Å². The van der Waals surface area contributed by atoms with Crippen molar-refractivity contribution in [2.24, 2.45) is 0 Å². The van der Waals surface area contributed by atoms with Crippen molar-refractivity contribution >= 4 is 33.0 Å². The van der Waals surface area contributed by atoms with Crippen LogP contribution in [0.15, 0.2) is 24.3 Å². The van der Waals surface area contributed by atoms with E-state index in [1.807, 2.05) is 24.3 Å². The van der Waals surface area contributed by atoms with Gasteiger partial charge in [0.1, 0.15) is 0 Å². The van der Waals surface area contributed by atoms with Gasteiger partial charge in [0.2, 0.25) is 11.8 Å². The zero-order valence-corrected chi connectivity index (χ0v) is 17.1. The van der Waals surface area contributed by atoms with Crippen LogP contribution in [-0.2, 0) is 19.4 Å². The fraction of sp³-hybridized carbons (Fsp3) is 0.579. The van der Waals surface area contributed by atoms with E-state index in [1.165, 1.54) is 11.8 Å². The third kappa shape index (κ3) is 5.95. The first-order valence-electron chi connectivity index (χ1n) is 9.38. The molecule has 1 aliphatic heterocycles. The van der Waals surface area contributed by atoms with Gasteiger partial charge in [-0.3, -0.25) is 9.59 Å². The molecule has 0 bridgehead atoms. The molecule has 1 atom stereocenters. The molecule has 8 heteroatoms. The number of carbonyl (C=O) groups excluding carboxylic acids is 2. The third-order valence-corrected chi connectivity index (χ3v) is 6.66. The largest absolute Gasteiger partial charge is 0.372 e. The Balaban J connectivity index is 1.90. The van der Waals surface area contributed by atoms with Crippen LogP contribution in [-0.4, -0.2) is 62.3 Å². The Bertz CT molecular complexity index is 758. The Morgan fingerprint density at radius 2 is 1.78 bits per heavy atom. The molecule has 0 spiro atoms. The number of carbonyl (C=O) groups is 2. The SMILES string of the molecule is CCN(CC)c1ccc(NC(=O)CCN(C(C)=O)C2CCS(=O)(=O)C2)cc1. The smallest absolute Gasteiger partial charge is 0.226 e. The van der Waals surface area contributed by atoms with Crippen LogP contribution >= 0.6 is 0 Å². The summed E-state index contributed by atoms with van der Waals surface area (Å²) >= 11 is 0. The molecule has 1 aromatic carbocycles. The van der Waals surface area contributed by atoms with Crippen LogP contribution in [0.1, 0.15) is 33.6 Å². The zero-order valence-electron chi connectivity index (χ0n) is 16.3. The van der Waals surface area contributed by atoms with Crippen LogP contribution in [0.25, 0.3) is 0 Å².